The molecule has 28 heavy (non-hydrogen) atoms. The SMILES string of the molecule is CCNC(=NCc1ccccc1CS(=O)(=O)N1CCOCC1)NCC1CC1.I. The van der Waals surface area contributed by atoms with E-state index in [4.69, 9.17) is 4.74 Å². The van der Waals surface area contributed by atoms with E-state index in [0.29, 0.717) is 32.8 Å². The van der Waals surface area contributed by atoms with Gasteiger partial charge in [-0.1, -0.05) is 24.3 Å². The fourth-order valence-corrected chi connectivity index (χ4v) is 4.60. The maximum atomic E-state index is 12.7. The van der Waals surface area contributed by atoms with Crippen LogP contribution in [0.3, 0.4) is 0 Å². The Hall–Kier alpha value is -0.910. The fraction of sp³-hybridized carbons (Fsp3) is 0.632. The summed E-state index contributed by atoms with van der Waals surface area (Å²) in [4.78, 5) is 4.65. The highest BCUT2D eigenvalue weighted by Crippen LogP contribution is 2.27. The maximum absolute atomic E-state index is 12.7. The van der Waals surface area contributed by atoms with Crippen molar-refractivity contribution in [2.24, 2.45) is 10.9 Å². The van der Waals surface area contributed by atoms with Crippen LogP contribution >= 0.6 is 24.0 Å². The first-order valence-electron chi connectivity index (χ1n) is 9.73. The van der Waals surface area contributed by atoms with Gasteiger partial charge in [-0.05, 0) is 36.8 Å². The highest BCUT2D eigenvalue weighted by Gasteiger charge is 2.25. The van der Waals surface area contributed by atoms with Gasteiger partial charge in [0.05, 0.1) is 25.5 Å². The summed E-state index contributed by atoms with van der Waals surface area (Å²) < 4.78 is 32.3. The van der Waals surface area contributed by atoms with E-state index in [1.165, 1.54) is 17.1 Å². The lowest BCUT2D eigenvalue weighted by atomic mass is 10.1. The molecule has 0 aromatic heterocycles. The Morgan fingerprint density at radius 2 is 1.86 bits per heavy atom. The van der Waals surface area contributed by atoms with Crippen molar-refractivity contribution in [1.82, 2.24) is 14.9 Å². The van der Waals surface area contributed by atoms with Crippen molar-refractivity contribution in [3.63, 3.8) is 0 Å². The lowest BCUT2D eigenvalue weighted by molar-refractivity contribution is 0.0729. The molecular weight excluding hydrogens is 491 g/mol. The Morgan fingerprint density at radius 1 is 1.18 bits per heavy atom. The van der Waals surface area contributed by atoms with Crippen molar-refractivity contribution >= 4 is 40.0 Å². The summed E-state index contributed by atoms with van der Waals surface area (Å²) in [6.45, 7) is 6.01. The third-order valence-electron chi connectivity index (χ3n) is 4.83. The molecule has 2 aliphatic rings. The minimum absolute atomic E-state index is 0. The Bertz CT molecular complexity index is 747. The average molecular weight is 522 g/mol. The molecule has 0 bridgehead atoms. The molecule has 7 nitrogen and oxygen atoms in total. The van der Waals surface area contributed by atoms with Gasteiger partial charge in [-0.2, -0.15) is 4.31 Å². The molecule has 1 aromatic rings. The number of nitrogens with zero attached hydrogens (tertiary/aromatic N) is 2. The van der Waals surface area contributed by atoms with Crippen LogP contribution in [0.2, 0.25) is 0 Å². The number of sulfonamides is 1. The molecule has 158 valence electrons. The molecule has 0 radical (unpaired) electrons. The van der Waals surface area contributed by atoms with Gasteiger partial charge in [-0.25, -0.2) is 13.4 Å². The van der Waals surface area contributed by atoms with Gasteiger partial charge in [-0.3, -0.25) is 0 Å². The van der Waals surface area contributed by atoms with Crippen LogP contribution in [0.15, 0.2) is 29.3 Å². The monoisotopic (exact) mass is 522 g/mol. The number of nitrogens with one attached hydrogen (secondary N) is 2. The van der Waals surface area contributed by atoms with E-state index in [1.807, 2.05) is 31.2 Å². The molecule has 2 N–H and O–H groups in total. The number of benzene rings is 1. The lowest BCUT2D eigenvalue weighted by Gasteiger charge is -2.26. The van der Waals surface area contributed by atoms with Crippen LogP contribution in [0.25, 0.3) is 0 Å². The summed E-state index contributed by atoms with van der Waals surface area (Å²) in [5, 5.41) is 6.62. The topological polar surface area (TPSA) is 83.0 Å². The standard InChI is InChI=1S/C19H30N4O3S.HI/c1-2-20-19(21-13-16-7-8-16)22-14-17-5-3-4-6-18(17)15-27(24,25)23-9-11-26-12-10-23;/h3-6,16H,2,7-15H2,1H3,(H2,20,21,22);1H. The second-order valence-corrected chi connectivity index (χ2v) is 9.02. The number of ether oxygens (including phenoxy) is 1. The smallest absolute Gasteiger partial charge is 0.218 e. The van der Waals surface area contributed by atoms with Crippen LogP contribution in [0, 0.1) is 5.92 Å². The Kier molecular flexibility index (Phi) is 9.45. The van der Waals surface area contributed by atoms with Crippen molar-refractivity contribution in [3.8, 4) is 0 Å². The third kappa shape index (κ3) is 7.16. The van der Waals surface area contributed by atoms with Gasteiger partial charge >= 0.3 is 0 Å². The molecule has 3 rings (SSSR count). The third-order valence-corrected chi connectivity index (χ3v) is 6.65. The minimum atomic E-state index is -3.35. The van der Waals surface area contributed by atoms with Crippen LogP contribution < -0.4 is 10.6 Å². The van der Waals surface area contributed by atoms with Crippen LogP contribution in [0.4, 0.5) is 0 Å². The van der Waals surface area contributed by atoms with Crippen molar-refractivity contribution in [2.75, 3.05) is 39.4 Å². The molecule has 1 saturated heterocycles. The number of hydrogen-bond acceptors (Lipinski definition) is 4. The number of morpholine rings is 1. The zero-order valence-corrected chi connectivity index (χ0v) is 19.5. The Balaban J connectivity index is 0.00000280. The number of halogens is 1. The van der Waals surface area contributed by atoms with Crippen molar-refractivity contribution < 1.29 is 13.2 Å². The second-order valence-electron chi connectivity index (χ2n) is 7.06. The quantitative estimate of drug-likeness (QED) is 0.310. The Labute approximate surface area is 185 Å². The molecule has 2 fully saturated rings. The summed E-state index contributed by atoms with van der Waals surface area (Å²) in [6, 6.07) is 7.65. The minimum Gasteiger partial charge on any atom is -0.379 e. The highest BCUT2D eigenvalue weighted by molar-refractivity contribution is 14.0. The normalized spacial score (nSPS) is 18.4. The highest BCUT2D eigenvalue weighted by atomic mass is 127. The average Bonchev–Trinajstić information content (AvgIpc) is 3.50. The fourth-order valence-electron chi connectivity index (χ4n) is 3.03. The van der Waals surface area contributed by atoms with Crippen molar-refractivity contribution in [2.45, 2.75) is 32.1 Å². The first kappa shape index (κ1) is 23.4. The number of hydrogen-bond donors (Lipinski definition) is 2. The summed E-state index contributed by atoms with van der Waals surface area (Å²) in [5.41, 5.74) is 1.75. The molecule has 0 unspecified atom stereocenters. The molecule has 0 spiro atoms. The first-order valence-corrected chi connectivity index (χ1v) is 11.3. The molecule has 1 aliphatic heterocycles. The van der Waals surface area contributed by atoms with E-state index in [9.17, 15) is 8.42 Å². The lowest BCUT2D eigenvalue weighted by Crippen LogP contribution is -2.41. The number of aliphatic imine (C=N–C) groups is 1. The summed E-state index contributed by atoms with van der Waals surface area (Å²) >= 11 is 0. The number of rotatable bonds is 8. The first-order chi connectivity index (χ1) is 13.1. The van der Waals surface area contributed by atoms with Crippen LogP contribution in [-0.2, 0) is 27.1 Å². The zero-order valence-electron chi connectivity index (χ0n) is 16.4. The molecule has 0 amide bonds. The van der Waals surface area contributed by atoms with Gasteiger partial charge in [0.15, 0.2) is 5.96 Å². The molecule has 1 aliphatic carbocycles. The van der Waals surface area contributed by atoms with E-state index < -0.39 is 10.0 Å². The largest absolute Gasteiger partial charge is 0.379 e. The molecule has 1 heterocycles. The van der Waals surface area contributed by atoms with Crippen LogP contribution in [-0.4, -0.2) is 58.1 Å². The zero-order chi connectivity index (χ0) is 19.1. The predicted molar refractivity (Wildman–Crippen MR) is 122 cm³/mol. The Morgan fingerprint density at radius 3 is 2.50 bits per heavy atom. The molecular formula is C19H31IN4O3S. The van der Waals surface area contributed by atoms with E-state index in [-0.39, 0.29) is 29.7 Å². The summed E-state index contributed by atoms with van der Waals surface area (Å²) in [5.74, 6) is 1.56. The van der Waals surface area contributed by atoms with Gasteiger partial charge in [0.2, 0.25) is 10.0 Å². The van der Waals surface area contributed by atoms with E-state index in [1.54, 1.807) is 0 Å². The molecule has 0 atom stereocenters. The van der Waals surface area contributed by atoms with Crippen LogP contribution in [0.5, 0.6) is 0 Å². The van der Waals surface area contributed by atoms with Crippen molar-refractivity contribution in [1.29, 1.82) is 0 Å². The summed E-state index contributed by atoms with van der Waals surface area (Å²) in [7, 11) is -3.35. The van der Waals surface area contributed by atoms with Gasteiger partial charge in [0.25, 0.3) is 0 Å². The van der Waals surface area contributed by atoms with Gasteiger partial charge in [0.1, 0.15) is 0 Å². The maximum Gasteiger partial charge on any atom is 0.218 e. The van der Waals surface area contributed by atoms with Gasteiger partial charge in [0, 0.05) is 26.2 Å². The second kappa shape index (κ2) is 11.3. The van der Waals surface area contributed by atoms with E-state index in [0.717, 1.165) is 36.1 Å². The molecule has 9 heteroatoms. The van der Waals surface area contributed by atoms with Gasteiger partial charge < -0.3 is 15.4 Å². The van der Waals surface area contributed by atoms with Crippen molar-refractivity contribution in [3.05, 3.63) is 35.4 Å². The molecule has 1 saturated carbocycles. The van der Waals surface area contributed by atoms with E-state index in [2.05, 4.69) is 15.6 Å². The summed E-state index contributed by atoms with van der Waals surface area (Å²) in [6.07, 6.45) is 2.57. The number of guanidine groups is 1. The van der Waals surface area contributed by atoms with Gasteiger partial charge in [-0.15, -0.1) is 24.0 Å². The molecule has 1 aromatic carbocycles. The predicted octanol–water partition coefficient (Wildman–Crippen LogP) is 1.93. The van der Waals surface area contributed by atoms with E-state index >= 15 is 0 Å². The van der Waals surface area contributed by atoms with Crippen LogP contribution in [0.1, 0.15) is 30.9 Å².